The minimum atomic E-state index is -1.57. The molecular weight excluding hydrogens is 208 g/mol. The molecule has 0 amide bonds. The number of phenolic OH excluding ortho intramolecular Hbond substituents is 1. The molecule has 16 heavy (non-hydrogen) atoms. The van der Waals surface area contributed by atoms with Crippen LogP contribution >= 0.6 is 0 Å². The molecule has 0 saturated heterocycles. The fourth-order valence-electron chi connectivity index (χ4n) is 1.45. The number of aromatic hydroxyl groups is 1. The molecule has 0 aromatic heterocycles. The third-order valence-corrected chi connectivity index (χ3v) is 2.28. The normalized spacial score (nSPS) is 11.2. The monoisotopic (exact) mass is 222 g/mol. The molecule has 0 unspecified atom stereocenters. The molecule has 1 rings (SSSR count). The van der Waals surface area contributed by atoms with Crippen LogP contribution in [0.4, 0.5) is 0 Å². The summed E-state index contributed by atoms with van der Waals surface area (Å²) in [6.07, 6.45) is 0. The minimum absolute atomic E-state index is 0.167. The first-order valence-electron chi connectivity index (χ1n) is 4.85. The zero-order valence-corrected chi connectivity index (χ0v) is 9.44. The SMILES string of the molecule is CC(C)(C)c1cccc(C(=O)C(=O)O)c1O. The third-order valence-electron chi connectivity index (χ3n) is 2.28. The predicted octanol–water partition coefficient (Wildman–Crippen LogP) is 1.96. The van der Waals surface area contributed by atoms with E-state index in [1.165, 1.54) is 6.07 Å². The first-order chi connectivity index (χ1) is 7.25. The van der Waals surface area contributed by atoms with E-state index in [-0.39, 0.29) is 16.7 Å². The molecule has 1 aromatic carbocycles. The van der Waals surface area contributed by atoms with Gasteiger partial charge >= 0.3 is 5.97 Å². The number of aliphatic carboxylic acids is 1. The van der Waals surface area contributed by atoms with Crippen LogP contribution < -0.4 is 0 Å². The fraction of sp³-hybridized carbons (Fsp3) is 0.333. The summed E-state index contributed by atoms with van der Waals surface area (Å²) in [5.74, 6) is -2.91. The van der Waals surface area contributed by atoms with Gasteiger partial charge in [-0.25, -0.2) is 4.79 Å². The number of carbonyl (C=O) groups excluding carboxylic acids is 1. The maximum absolute atomic E-state index is 11.3. The second kappa shape index (κ2) is 3.96. The van der Waals surface area contributed by atoms with Crippen molar-refractivity contribution in [1.82, 2.24) is 0 Å². The smallest absolute Gasteiger partial charge is 0.377 e. The largest absolute Gasteiger partial charge is 0.507 e. The van der Waals surface area contributed by atoms with Gasteiger partial charge in [-0.2, -0.15) is 0 Å². The molecule has 0 atom stereocenters. The van der Waals surface area contributed by atoms with Crippen molar-refractivity contribution in [3.63, 3.8) is 0 Å². The Bertz CT molecular complexity index is 441. The second-order valence-electron chi connectivity index (χ2n) is 4.59. The van der Waals surface area contributed by atoms with Crippen LogP contribution in [0.25, 0.3) is 0 Å². The van der Waals surface area contributed by atoms with Gasteiger partial charge in [0.05, 0.1) is 5.56 Å². The standard InChI is InChI=1S/C12H14O4/c1-12(2,3)8-6-4-5-7(9(8)13)10(14)11(15)16/h4-6,13H,1-3H3,(H,15,16). The van der Waals surface area contributed by atoms with Gasteiger partial charge in [0.25, 0.3) is 5.78 Å². The van der Waals surface area contributed by atoms with Gasteiger partial charge in [-0.1, -0.05) is 32.9 Å². The van der Waals surface area contributed by atoms with Crippen molar-refractivity contribution >= 4 is 11.8 Å². The summed E-state index contributed by atoms with van der Waals surface area (Å²) in [6.45, 7) is 5.62. The van der Waals surface area contributed by atoms with Gasteiger partial charge in [-0.3, -0.25) is 4.79 Å². The Kier molecular flexibility index (Phi) is 3.03. The summed E-state index contributed by atoms with van der Waals surface area (Å²) in [4.78, 5) is 21.8. The summed E-state index contributed by atoms with van der Waals surface area (Å²) in [5, 5.41) is 18.5. The van der Waals surface area contributed by atoms with E-state index in [2.05, 4.69) is 0 Å². The Labute approximate surface area is 93.5 Å². The summed E-state index contributed by atoms with van der Waals surface area (Å²) < 4.78 is 0. The molecule has 0 heterocycles. The Balaban J connectivity index is 3.36. The average Bonchev–Trinajstić information content (AvgIpc) is 2.15. The third kappa shape index (κ3) is 2.21. The van der Waals surface area contributed by atoms with Crippen LogP contribution in [0.3, 0.4) is 0 Å². The Hall–Kier alpha value is -1.84. The molecule has 4 heteroatoms. The summed E-state index contributed by atoms with van der Waals surface area (Å²) >= 11 is 0. The van der Waals surface area contributed by atoms with Crippen molar-refractivity contribution in [2.75, 3.05) is 0 Å². The van der Waals surface area contributed by atoms with E-state index in [1.807, 2.05) is 20.8 Å². The van der Waals surface area contributed by atoms with Crippen LogP contribution in [0.1, 0.15) is 36.7 Å². The molecule has 1 aromatic rings. The lowest BCUT2D eigenvalue weighted by molar-refractivity contribution is -0.131. The van der Waals surface area contributed by atoms with E-state index in [9.17, 15) is 14.7 Å². The van der Waals surface area contributed by atoms with Gasteiger partial charge < -0.3 is 10.2 Å². The maximum atomic E-state index is 11.3. The molecule has 86 valence electrons. The van der Waals surface area contributed by atoms with Crippen LogP contribution in [0.5, 0.6) is 5.75 Å². The molecule has 2 N–H and O–H groups in total. The molecule has 0 fully saturated rings. The van der Waals surface area contributed by atoms with E-state index < -0.39 is 11.8 Å². The van der Waals surface area contributed by atoms with Crippen LogP contribution in [-0.4, -0.2) is 22.0 Å². The van der Waals surface area contributed by atoms with Crippen molar-refractivity contribution in [2.45, 2.75) is 26.2 Å². The molecule has 0 bridgehead atoms. The lowest BCUT2D eigenvalue weighted by Gasteiger charge is -2.21. The number of ketones is 1. The number of carboxylic acid groups (broad SMARTS) is 1. The molecule has 4 nitrogen and oxygen atoms in total. The van der Waals surface area contributed by atoms with Crippen molar-refractivity contribution in [3.05, 3.63) is 29.3 Å². The molecule has 0 aliphatic carbocycles. The van der Waals surface area contributed by atoms with Crippen molar-refractivity contribution in [2.24, 2.45) is 0 Å². The number of Topliss-reactive ketones (excluding diaryl/α,β-unsaturated/α-hetero) is 1. The maximum Gasteiger partial charge on any atom is 0.377 e. The van der Waals surface area contributed by atoms with Crippen LogP contribution in [0.15, 0.2) is 18.2 Å². The first kappa shape index (κ1) is 12.2. The van der Waals surface area contributed by atoms with Gasteiger partial charge in [0.1, 0.15) is 5.75 Å². The Morgan fingerprint density at radius 3 is 2.19 bits per heavy atom. The highest BCUT2D eigenvalue weighted by molar-refractivity contribution is 6.40. The van der Waals surface area contributed by atoms with Gasteiger partial charge in [-0.15, -0.1) is 0 Å². The highest BCUT2D eigenvalue weighted by Gasteiger charge is 2.24. The van der Waals surface area contributed by atoms with Crippen molar-refractivity contribution in [3.8, 4) is 5.75 Å². The van der Waals surface area contributed by atoms with E-state index in [0.29, 0.717) is 5.56 Å². The van der Waals surface area contributed by atoms with Crippen molar-refractivity contribution < 1.29 is 19.8 Å². The minimum Gasteiger partial charge on any atom is -0.507 e. The number of phenols is 1. The number of para-hydroxylation sites is 1. The predicted molar refractivity (Wildman–Crippen MR) is 58.8 cm³/mol. The van der Waals surface area contributed by atoms with E-state index in [1.54, 1.807) is 12.1 Å². The van der Waals surface area contributed by atoms with Gasteiger partial charge in [0.2, 0.25) is 0 Å². The molecule has 0 saturated carbocycles. The van der Waals surface area contributed by atoms with Crippen molar-refractivity contribution in [1.29, 1.82) is 0 Å². The number of hydrogen-bond donors (Lipinski definition) is 2. The van der Waals surface area contributed by atoms with Crippen LogP contribution in [0, 0.1) is 0 Å². The van der Waals surface area contributed by atoms with E-state index in [0.717, 1.165) is 0 Å². The fourth-order valence-corrected chi connectivity index (χ4v) is 1.45. The quantitative estimate of drug-likeness (QED) is 0.592. The van der Waals surface area contributed by atoms with Gasteiger partial charge in [0, 0.05) is 0 Å². The number of carboxylic acids is 1. The summed E-state index contributed by atoms with van der Waals surface area (Å²) in [6, 6.07) is 4.55. The van der Waals surface area contributed by atoms with E-state index >= 15 is 0 Å². The summed E-state index contributed by atoms with van der Waals surface area (Å²) in [5.41, 5.74) is 0.0401. The van der Waals surface area contributed by atoms with Gasteiger partial charge in [0.15, 0.2) is 0 Å². The van der Waals surface area contributed by atoms with Gasteiger partial charge in [-0.05, 0) is 17.0 Å². The zero-order chi connectivity index (χ0) is 12.5. The molecule has 0 spiro atoms. The zero-order valence-electron chi connectivity index (χ0n) is 9.44. The lowest BCUT2D eigenvalue weighted by Crippen LogP contribution is -2.16. The summed E-state index contributed by atoms with van der Waals surface area (Å²) in [7, 11) is 0. The second-order valence-corrected chi connectivity index (χ2v) is 4.59. The number of hydrogen-bond acceptors (Lipinski definition) is 3. The molecule has 0 aliphatic heterocycles. The molecular formula is C12H14O4. The number of benzene rings is 1. The highest BCUT2D eigenvalue weighted by atomic mass is 16.4. The first-order valence-corrected chi connectivity index (χ1v) is 4.85. The number of rotatable bonds is 2. The Morgan fingerprint density at radius 2 is 1.75 bits per heavy atom. The number of carbonyl (C=O) groups is 2. The average molecular weight is 222 g/mol. The molecule has 0 aliphatic rings. The van der Waals surface area contributed by atoms with E-state index in [4.69, 9.17) is 5.11 Å². The topological polar surface area (TPSA) is 74.6 Å². The Morgan fingerprint density at radius 1 is 1.19 bits per heavy atom. The highest BCUT2D eigenvalue weighted by Crippen LogP contribution is 2.33. The molecule has 0 radical (unpaired) electrons. The van der Waals surface area contributed by atoms with Crippen LogP contribution in [-0.2, 0) is 10.2 Å². The lowest BCUT2D eigenvalue weighted by atomic mass is 9.85. The van der Waals surface area contributed by atoms with Crippen LogP contribution in [0.2, 0.25) is 0 Å².